The molecular formula is C20H29NO6. The number of aliphatic hydroxyl groups is 1. The molecule has 0 saturated carbocycles. The van der Waals surface area contributed by atoms with E-state index < -0.39 is 24.9 Å². The second-order valence-electron chi connectivity index (χ2n) is 6.34. The maximum atomic E-state index is 11.7. The number of carbonyl (C=O) groups excluding carboxylic acids is 1. The van der Waals surface area contributed by atoms with Crippen LogP contribution in [0.2, 0.25) is 0 Å². The molecule has 1 aliphatic rings. The van der Waals surface area contributed by atoms with Gasteiger partial charge in [-0.15, -0.1) is 6.58 Å². The smallest absolute Gasteiger partial charge is 0.222 e. The highest BCUT2D eigenvalue weighted by Crippen LogP contribution is 2.28. The van der Waals surface area contributed by atoms with Crippen molar-refractivity contribution in [3.8, 4) is 0 Å². The van der Waals surface area contributed by atoms with Crippen molar-refractivity contribution in [3.63, 3.8) is 0 Å². The van der Waals surface area contributed by atoms with Crippen LogP contribution in [0, 0.1) is 0 Å². The number of amides is 1. The highest BCUT2D eigenvalue weighted by atomic mass is 16.7. The molecule has 150 valence electrons. The Labute approximate surface area is 160 Å². The predicted molar refractivity (Wildman–Crippen MR) is 99.5 cm³/mol. The molecule has 27 heavy (non-hydrogen) atoms. The molecule has 1 saturated heterocycles. The second-order valence-corrected chi connectivity index (χ2v) is 6.34. The van der Waals surface area contributed by atoms with Crippen LogP contribution >= 0.6 is 0 Å². The Morgan fingerprint density at radius 1 is 1.44 bits per heavy atom. The lowest BCUT2D eigenvalue weighted by atomic mass is 10.1. The second kappa shape index (κ2) is 11.2. The fraction of sp³-hybridized carbons (Fsp3) is 0.550. The standard InChI is InChI=1S/C20H29NO6/c1-4-9-17(22)21-18(23)20(24-12-5-2)27-16-13-25-19(26-14(16)3)15-10-7-6-8-11-15/h5-8,10-11,14,16,18-20,23H,2,4,9,12-13H2,1,3H3,(H,21,22)/t14?,16?,18-,19?,20?/m0/s1. The number of hydrogen-bond donors (Lipinski definition) is 2. The first kappa shape index (κ1) is 21.5. The van der Waals surface area contributed by atoms with Crippen molar-refractivity contribution in [2.75, 3.05) is 13.2 Å². The molecular weight excluding hydrogens is 350 g/mol. The molecule has 1 aromatic rings. The maximum Gasteiger partial charge on any atom is 0.222 e. The summed E-state index contributed by atoms with van der Waals surface area (Å²) >= 11 is 0. The lowest BCUT2D eigenvalue weighted by Gasteiger charge is -2.37. The molecule has 0 radical (unpaired) electrons. The van der Waals surface area contributed by atoms with Crippen LogP contribution in [-0.4, -0.2) is 49.0 Å². The van der Waals surface area contributed by atoms with Crippen molar-refractivity contribution in [1.29, 1.82) is 0 Å². The van der Waals surface area contributed by atoms with Crippen molar-refractivity contribution in [3.05, 3.63) is 48.6 Å². The summed E-state index contributed by atoms with van der Waals surface area (Å²) in [5, 5.41) is 12.8. The van der Waals surface area contributed by atoms with Gasteiger partial charge in [-0.2, -0.15) is 0 Å². The van der Waals surface area contributed by atoms with Crippen molar-refractivity contribution >= 4 is 5.91 Å². The van der Waals surface area contributed by atoms with Gasteiger partial charge in [0.05, 0.1) is 19.3 Å². The molecule has 0 bridgehead atoms. The van der Waals surface area contributed by atoms with Crippen molar-refractivity contribution < 1.29 is 28.8 Å². The van der Waals surface area contributed by atoms with Gasteiger partial charge in [0.2, 0.25) is 12.2 Å². The van der Waals surface area contributed by atoms with Gasteiger partial charge in [0, 0.05) is 12.0 Å². The van der Waals surface area contributed by atoms with Crippen LogP contribution in [0.4, 0.5) is 0 Å². The average molecular weight is 379 g/mol. The molecule has 1 heterocycles. The molecule has 0 aliphatic carbocycles. The lowest BCUT2D eigenvalue weighted by molar-refractivity contribution is -0.303. The van der Waals surface area contributed by atoms with Crippen LogP contribution < -0.4 is 5.32 Å². The highest BCUT2D eigenvalue weighted by Gasteiger charge is 2.34. The van der Waals surface area contributed by atoms with Crippen LogP contribution in [-0.2, 0) is 23.7 Å². The Balaban J connectivity index is 1.94. The van der Waals surface area contributed by atoms with E-state index in [0.717, 1.165) is 5.56 Å². The third-order valence-electron chi connectivity index (χ3n) is 4.08. The molecule has 1 aromatic carbocycles. The quantitative estimate of drug-likeness (QED) is 0.479. The normalized spacial score (nSPS) is 24.8. The fourth-order valence-corrected chi connectivity index (χ4v) is 2.65. The molecule has 0 spiro atoms. The summed E-state index contributed by atoms with van der Waals surface area (Å²) in [5.74, 6) is -0.269. The van der Waals surface area contributed by atoms with Gasteiger partial charge in [0.15, 0.2) is 12.5 Å². The number of benzene rings is 1. The van der Waals surface area contributed by atoms with Crippen LogP contribution in [0.15, 0.2) is 43.0 Å². The molecule has 2 rings (SSSR count). The summed E-state index contributed by atoms with van der Waals surface area (Å²) in [7, 11) is 0. The van der Waals surface area contributed by atoms with E-state index in [2.05, 4.69) is 11.9 Å². The minimum absolute atomic E-state index is 0.167. The number of ether oxygens (including phenoxy) is 4. The van der Waals surface area contributed by atoms with Crippen molar-refractivity contribution in [2.45, 2.75) is 57.7 Å². The molecule has 2 N–H and O–H groups in total. The van der Waals surface area contributed by atoms with Gasteiger partial charge in [-0.1, -0.05) is 43.3 Å². The average Bonchev–Trinajstić information content (AvgIpc) is 2.67. The van der Waals surface area contributed by atoms with E-state index in [0.29, 0.717) is 12.8 Å². The van der Waals surface area contributed by atoms with Crippen LogP contribution in [0.25, 0.3) is 0 Å². The summed E-state index contributed by atoms with van der Waals surface area (Å²) < 4.78 is 23.0. The number of aliphatic hydroxyl groups excluding tert-OH is 1. The first-order valence-corrected chi connectivity index (χ1v) is 9.22. The Kier molecular flexibility index (Phi) is 8.90. The fourth-order valence-electron chi connectivity index (χ4n) is 2.65. The largest absolute Gasteiger partial charge is 0.369 e. The van der Waals surface area contributed by atoms with E-state index in [1.54, 1.807) is 6.08 Å². The zero-order valence-corrected chi connectivity index (χ0v) is 15.9. The van der Waals surface area contributed by atoms with E-state index in [4.69, 9.17) is 18.9 Å². The molecule has 1 aliphatic heterocycles. The third-order valence-corrected chi connectivity index (χ3v) is 4.08. The maximum absolute atomic E-state index is 11.7. The minimum atomic E-state index is -1.30. The highest BCUT2D eigenvalue weighted by molar-refractivity contribution is 5.75. The summed E-state index contributed by atoms with van der Waals surface area (Å²) in [6, 6.07) is 9.63. The SMILES string of the molecule is C=CCOC(OC1COC(c2ccccc2)OC1C)[C@H](O)NC(=O)CCC. The van der Waals surface area contributed by atoms with Crippen LogP contribution in [0.5, 0.6) is 0 Å². The minimum Gasteiger partial charge on any atom is -0.369 e. The van der Waals surface area contributed by atoms with Crippen molar-refractivity contribution in [1.82, 2.24) is 5.32 Å². The van der Waals surface area contributed by atoms with E-state index >= 15 is 0 Å². The number of nitrogens with one attached hydrogen (secondary N) is 1. The van der Waals surface area contributed by atoms with Crippen LogP contribution in [0.3, 0.4) is 0 Å². The van der Waals surface area contributed by atoms with Crippen LogP contribution in [0.1, 0.15) is 38.5 Å². The van der Waals surface area contributed by atoms with Gasteiger partial charge in [-0.05, 0) is 13.3 Å². The number of rotatable bonds is 10. The summed E-state index contributed by atoms with van der Waals surface area (Å²) in [5.41, 5.74) is 0.925. The summed E-state index contributed by atoms with van der Waals surface area (Å²) in [4.78, 5) is 11.7. The van der Waals surface area contributed by atoms with Gasteiger partial charge in [-0.25, -0.2) is 0 Å². The Morgan fingerprint density at radius 2 is 2.19 bits per heavy atom. The molecule has 1 fully saturated rings. The molecule has 7 nitrogen and oxygen atoms in total. The molecule has 4 unspecified atom stereocenters. The molecule has 5 atom stereocenters. The van der Waals surface area contributed by atoms with E-state index in [1.807, 2.05) is 44.2 Å². The van der Waals surface area contributed by atoms with Gasteiger partial charge >= 0.3 is 0 Å². The molecule has 7 heteroatoms. The lowest BCUT2D eigenvalue weighted by Crippen LogP contribution is -2.50. The van der Waals surface area contributed by atoms with Crippen molar-refractivity contribution in [2.24, 2.45) is 0 Å². The molecule has 1 amide bonds. The number of carbonyl (C=O) groups is 1. The first-order valence-electron chi connectivity index (χ1n) is 9.22. The Morgan fingerprint density at radius 3 is 2.81 bits per heavy atom. The summed E-state index contributed by atoms with van der Waals surface area (Å²) in [6.45, 7) is 7.78. The zero-order valence-electron chi connectivity index (χ0n) is 15.9. The van der Waals surface area contributed by atoms with Gasteiger partial charge in [0.1, 0.15) is 6.10 Å². The van der Waals surface area contributed by atoms with Gasteiger partial charge in [-0.3, -0.25) is 4.79 Å². The van der Waals surface area contributed by atoms with E-state index in [9.17, 15) is 9.90 Å². The zero-order chi connectivity index (χ0) is 19.6. The Bertz CT molecular complexity index is 581. The van der Waals surface area contributed by atoms with E-state index in [1.165, 1.54) is 0 Å². The summed E-state index contributed by atoms with van der Waals surface area (Å²) in [6.07, 6.45) is -1.05. The van der Waals surface area contributed by atoms with Gasteiger partial charge in [0.25, 0.3) is 0 Å². The Hall–Kier alpha value is -1.77. The first-order chi connectivity index (χ1) is 13.0. The monoisotopic (exact) mass is 379 g/mol. The van der Waals surface area contributed by atoms with E-state index in [-0.39, 0.29) is 25.2 Å². The van der Waals surface area contributed by atoms with Gasteiger partial charge < -0.3 is 29.4 Å². The predicted octanol–water partition coefficient (Wildman–Crippen LogP) is 2.27. The topological polar surface area (TPSA) is 86.2 Å². The molecule has 0 aromatic heterocycles. The third kappa shape index (κ3) is 6.71. The number of hydrogen-bond acceptors (Lipinski definition) is 6.